The fraction of sp³-hybridized carbons (Fsp3) is 0.136. The number of para-hydroxylation sites is 1. The van der Waals surface area contributed by atoms with Crippen molar-refractivity contribution < 1.29 is 8.42 Å². The Morgan fingerprint density at radius 1 is 1.07 bits per heavy atom. The van der Waals surface area contributed by atoms with Crippen molar-refractivity contribution in [2.24, 2.45) is 7.05 Å². The molecule has 3 heterocycles. The maximum Gasteiger partial charge on any atom is 0.280 e. The highest BCUT2D eigenvalue weighted by atomic mass is 32.2. The van der Waals surface area contributed by atoms with Gasteiger partial charge in [-0.15, -0.1) is 23.1 Å². The van der Waals surface area contributed by atoms with Gasteiger partial charge in [0.25, 0.3) is 10.0 Å². The second-order valence-electron chi connectivity index (χ2n) is 6.98. The van der Waals surface area contributed by atoms with Gasteiger partial charge in [0, 0.05) is 40.0 Å². The number of aromatic nitrogens is 1. The number of nitrogens with zero attached hydrogens (tertiary/aromatic N) is 3. The molecule has 0 atom stereocenters. The van der Waals surface area contributed by atoms with Gasteiger partial charge in [0.15, 0.2) is 5.03 Å². The molecule has 0 aliphatic carbocycles. The van der Waals surface area contributed by atoms with Crippen molar-refractivity contribution in [3.8, 4) is 16.5 Å². The highest BCUT2D eigenvalue weighted by Gasteiger charge is 2.32. The minimum atomic E-state index is -3.73. The molecule has 8 heteroatoms. The van der Waals surface area contributed by atoms with Crippen LogP contribution in [-0.4, -0.2) is 25.3 Å². The van der Waals surface area contributed by atoms with Crippen molar-refractivity contribution in [2.45, 2.75) is 9.92 Å². The lowest BCUT2D eigenvalue weighted by Crippen LogP contribution is -2.36. The summed E-state index contributed by atoms with van der Waals surface area (Å²) in [5, 5.41) is 10.3. The Labute approximate surface area is 183 Å². The van der Waals surface area contributed by atoms with E-state index >= 15 is 0 Å². The van der Waals surface area contributed by atoms with Crippen molar-refractivity contribution in [1.82, 2.24) is 4.57 Å². The van der Waals surface area contributed by atoms with Crippen LogP contribution in [0.15, 0.2) is 70.6 Å². The molecule has 2 aromatic heterocycles. The van der Waals surface area contributed by atoms with E-state index in [1.54, 1.807) is 35.5 Å². The van der Waals surface area contributed by atoms with Crippen molar-refractivity contribution in [1.29, 1.82) is 5.26 Å². The Morgan fingerprint density at radius 2 is 1.90 bits per heavy atom. The highest BCUT2D eigenvalue weighted by Crippen LogP contribution is 2.41. The molecule has 0 amide bonds. The molecule has 0 unspecified atom stereocenters. The zero-order chi connectivity index (χ0) is 20.9. The monoisotopic (exact) mass is 451 g/mol. The maximum absolute atomic E-state index is 13.7. The molecule has 0 saturated carbocycles. The molecule has 150 valence electrons. The maximum atomic E-state index is 13.7. The lowest BCUT2D eigenvalue weighted by molar-refractivity contribution is 0.582. The van der Waals surface area contributed by atoms with Crippen LogP contribution >= 0.6 is 23.1 Å². The standard InChI is InChI=1S/C22H17N3O2S3/c1-24-18-5-3-2-4-15(18)13-22(24)30(26,27)25-10-11-28-21-8-6-16(12-19(21)25)20-9-7-17(14-23)29-20/h2-9,12-13H,10-11H2,1H3. The molecule has 0 N–H and O–H groups in total. The van der Waals surface area contributed by atoms with Crippen LogP contribution in [0, 0.1) is 11.3 Å². The minimum absolute atomic E-state index is 0.287. The molecular formula is C22H17N3O2S3. The number of hydrogen-bond donors (Lipinski definition) is 0. The average molecular weight is 452 g/mol. The summed E-state index contributed by atoms with van der Waals surface area (Å²) in [5.41, 5.74) is 2.50. The number of sulfonamides is 1. The first kappa shape index (κ1) is 19.2. The summed E-state index contributed by atoms with van der Waals surface area (Å²) in [5.74, 6) is 0.701. The number of rotatable bonds is 3. The molecule has 0 spiro atoms. The van der Waals surface area contributed by atoms with Crippen LogP contribution in [0.1, 0.15) is 4.88 Å². The first-order valence-electron chi connectivity index (χ1n) is 9.33. The molecule has 1 aliphatic heterocycles. The molecule has 30 heavy (non-hydrogen) atoms. The van der Waals surface area contributed by atoms with E-state index in [1.165, 1.54) is 15.6 Å². The number of fused-ring (bicyclic) bond motifs is 2. The molecule has 5 rings (SSSR count). The van der Waals surface area contributed by atoms with Gasteiger partial charge in [-0.3, -0.25) is 4.31 Å². The van der Waals surface area contributed by atoms with Gasteiger partial charge < -0.3 is 4.57 Å². The van der Waals surface area contributed by atoms with E-state index in [0.717, 1.165) is 26.2 Å². The van der Waals surface area contributed by atoms with E-state index < -0.39 is 10.0 Å². The third-order valence-electron chi connectivity index (χ3n) is 5.24. The van der Waals surface area contributed by atoms with Gasteiger partial charge >= 0.3 is 0 Å². The largest absolute Gasteiger partial charge is 0.333 e. The third kappa shape index (κ3) is 3.01. The molecule has 0 saturated heterocycles. The topological polar surface area (TPSA) is 66.1 Å². The number of anilines is 1. The van der Waals surface area contributed by atoms with Crippen LogP contribution < -0.4 is 4.31 Å². The lowest BCUT2D eigenvalue weighted by atomic mass is 10.1. The van der Waals surface area contributed by atoms with Crippen LogP contribution in [0.25, 0.3) is 21.3 Å². The second-order valence-corrected chi connectivity index (χ2v) is 11.0. The van der Waals surface area contributed by atoms with Gasteiger partial charge in [-0.05, 0) is 42.0 Å². The van der Waals surface area contributed by atoms with Crippen molar-refractivity contribution in [2.75, 3.05) is 16.6 Å². The predicted molar refractivity (Wildman–Crippen MR) is 123 cm³/mol. The zero-order valence-corrected chi connectivity index (χ0v) is 18.5. The average Bonchev–Trinajstić information content (AvgIpc) is 3.38. The molecule has 0 radical (unpaired) electrons. The predicted octanol–water partition coefficient (Wildman–Crippen LogP) is 5.08. The third-order valence-corrected chi connectivity index (χ3v) is 9.20. The molecule has 0 fully saturated rings. The summed E-state index contributed by atoms with van der Waals surface area (Å²) in [6, 6.07) is 21.2. The van der Waals surface area contributed by atoms with Gasteiger partial charge in [-0.2, -0.15) is 13.7 Å². The van der Waals surface area contributed by atoms with Crippen molar-refractivity contribution in [3.05, 3.63) is 65.5 Å². The van der Waals surface area contributed by atoms with Crippen LogP contribution in [0.3, 0.4) is 0 Å². The molecule has 1 aliphatic rings. The van der Waals surface area contributed by atoms with Gasteiger partial charge in [0.1, 0.15) is 10.9 Å². The van der Waals surface area contributed by atoms with Gasteiger partial charge in [0.2, 0.25) is 0 Å². The molecular weight excluding hydrogens is 434 g/mol. The SMILES string of the molecule is Cn1c(S(=O)(=O)N2CCSc3ccc(-c4ccc(C#N)s4)cc32)cc2ccccc21. The Kier molecular flexibility index (Phi) is 4.62. The Hall–Kier alpha value is -2.73. The van der Waals surface area contributed by atoms with Crippen molar-refractivity contribution >= 4 is 49.7 Å². The summed E-state index contributed by atoms with van der Waals surface area (Å²) in [4.78, 5) is 2.54. The van der Waals surface area contributed by atoms with E-state index in [0.29, 0.717) is 22.9 Å². The van der Waals surface area contributed by atoms with E-state index in [2.05, 4.69) is 6.07 Å². The number of thiophene rings is 1. The van der Waals surface area contributed by atoms with Crippen LogP contribution in [0.5, 0.6) is 0 Å². The summed E-state index contributed by atoms with van der Waals surface area (Å²) < 4.78 is 30.7. The second kappa shape index (κ2) is 7.20. The Bertz CT molecular complexity index is 1430. The number of aryl methyl sites for hydroxylation is 1. The van der Waals surface area contributed by atoms with Gasteiger partial charge in [0.05, 0.1) is 5.69 Å². The number of hydrogen-bond acceptors (Lipinski definition) is 5. The Morgan fingerprint density at radius 3 is 2.67 bits per heavy atom. The Balaban J connectivity index is 1.63. The minimum Gasteiger partial charge on any atom is -0.333 e. The van der Waals surface area contributed by atoms with Crippen molar-refractivity contribution in [3.63, 3.8) is 0 Å². The number of thioether (sulfide) groups is 1. The van der Waals surface area contributed by atoms with Gasteiger partial charge in [-0.25, -0.2) is 0 Å². The first-order valence-corrected chi connectivity index (χ1v) is 12.6. The lowest BCUT2D eigenvalue weighted by Gasteiger charge is -2.30. The smallest absolute Gasteiger partial charge is 0.280 e. The molecule has 0 bridgehead atoms. The number of benzene rings is 2. The van der Waals surface area contributed by atoms with E-state index in [9.17, 15) is 8.42 Å². The van der Waals surface area contributed by atoms with E-state index in [1.807, 2.05) is 48.5 Å². The van der Waals surface area contributed by atoms with Gasteiger partial charge in [-0.1, -0.05) is 24.3 Å². The van der Waals surface area contributed by atoms with Crippen LogP contribution in [0.4, 0.5) is 5.69 Å². The molecule has 5 nitrogen and oxygen atoms in total. The molecule has 2 aromatic carbocycles. The first-order chi connectivity index (χ1) is 14.5. The summed E-state index contributed by atoms with van der Waals surface area (Å²) >= 11 is 3.07. The fourth-order valence-corrected chi connectivity index (χ4v) is 7.41. The normalized spacial score (nSPS) is 13.9. The molecule has 4 aromatic rings. The summed E-state index contributed by atoms with van der Waals surface area (Å²) in [6.45, 7) is 0.416. The fourth-order valence-electron chi connectivity index (χ4n) is 3.77. The zero-order valence-electron chi connectivity index (χ0n) is 16.1. The summed E-state index contributed by atoms with van der Waals surface area (Å²) in [6.07, 6.45) is 0. The highest BCUT2D eigenvalue weighted by molar-refractivity contribution is 8.00. The van der Waals surface area contributed by atoms with E-state index in [4.69, 9.17) is 5.26 Å². The van der Waals surface area contributed by atoms with Crippen LogP contribution in [0.2, 0.25) is 0 Å². The van der Waals surface area contributed by atoms with Crippen LogP contribution in [-0.2, 0) is 17.1 Å². The quantitative estimate of drug-likeness (QED) is 0.436. The summed E-state index contributed by atoms with van der Waals surface area (Å²) in [7, 11) is -1.94. The van der Waals surface area contributed by atoms with E-state index in [-0.39, 0.29) is 5.03 Å². The number of nitriles is 1.